The van der Waals surface area contributed by atoms with Gasteiger partial charge in [0.15, 0.2) is 5.82 Å². The summed E-state index contributed by atoms with van der Waals surface area (Å²) in [6.07, 6.45) is -2.06. The number of hydrogen-bond acceptors (Lipinski definition) is 8. The second-order valence-corrected chi connectivity index (χ2v) is 13.0. The van der Waals surface area contributed by atoms with Crippen LogP contribution in [-0.2, 0) is 10.0 Å². The van der Waals surface area contributed by atoms with Crippen LogP contribution in [0, 0.1) is 11.3 Å². The molecule has 220 valence electrons. The van der Waals surface area contributed by atoms with Crippen LogP contribution in [0.2, 0.25) is 0 Å². The van der Waals surface area contributed by atoms with E-state index in [-0.39, 0.29) is 41.8 Å². The molecule has 0 unspecified atom stereocenters. The molecule has 1 amide bonds. The molecule has 1 aliphatic heterocycles. The molecule has 3 aromatic rings. The fraction of sp³-hybridized carbons (Fsp3) is 0.444. The summed E-state index contributed by atoms with van der Waals surface area (Å²) in [7, 11) is -4.41. The predicted octanol–water partition coefficient (Wildman–Crippen LogP) is 4.44. The van der Waals surface area contributed by atoms with Gasteiger partial charge in [-0.25, -0.2) is 22.8 Å². The van der Waals surface area contributed by atoms with E-state index in [9.17, 15) is 31.5 Å². The van der Waals surface area contributed by atoms with E-state index in [1.54, 1.807) is 0 Å². The van der Waals surface area contributed by atoms with Crippen molar-refractivity contribution in [3.05, 3.63) is 54.2 Å². The number of carbonyl (C=O) groups excluding carboxylic acids is 1. The van der Waals surface area contributed by atoms with Crippen LogP contribution in [0.5, 0.6) is 11.6 Å². The van der Waals surface area contributed by atoms with Crippen LogP contribution in [0.25, 0.3) is 5.82 Å². The maximum atomic E-state index is 13.4. The van der Waals surface area contributed by atoms with Crippen molar-refractivity contribution in [2.24, 2.45) is 11.3 Å². The molecular weight excluding hydrogens is 563 g/mol. The minimum absolute atomic E-state index is 0.00502. The number of halogens is 3. The number of pyridine rings is 1. The Labute approximate surface area is 235 Å². The van der Waals surface area contributed by atoms with Gasteiger partial charge in [0, 0.05) is 24.3 Å². The lowest BCUT2D eigenvalue weighted by molar-refractivity contribution is -0.194. The third kappa shape index (κ3) is 5.56. The highest BCUT2D eigenvalue weighted by Gasteiger charge is 2.64. The molecule has 2 aromatic heterocycles. The van der Waals surface area contributed by atoms with Crippen molar-refractivity contribution < 1.29 is 36.2 Å². The van der Waals surface area contributed by atoms with E-state index in [1.165, 1.54) is 53.3 Å². The van der Waals surface area contributed by atoms with Gasteiger partial charge >= 0.3 is 6.18 Å². The summed E-state index contributed by atoms with van der Waals surface area (Å²) in [5.41, 5.74) is -2.28. The van der Waals surface area contributed by atoms with Gasteiger partial charge in [-0.15, -0.1) is 5.10 Å². The third-order valence-corrected chi connectivity index (χ3v) is 8.94. The molecule has 5 rings (SSSR count). The van der Waals surface area contributed by atoms with E-state index in [2.05, 4.69) is 17.0 Å². The molecular formula is C27H30F3N5O5S. The second-order valence-electron chi connectivity index (χ2n) is 11.3. The molecule has 1 atom stereocenters. The molecule has 0 radical (unpaired) electrons. The molecule has 1 saturated heterocycles. The number of phenols is 1. The molecule has 3 heterocycles. The first-order valence-electron chi connectivity index (χ1n) is 13.0. The van der Waals surface area contributed by atoms with Gasteiger partial charge < -0.3 is 14.7 Å². The molecule has 2 aliphatic rings. The average molecular weight is 594 g/mol. The molecule has 10 nitrogen and oxygen atoms in total. The Bertz CT molecular complexity index is 1580. The van der Waals surface area contributed by atoms with Crippen LogP contribution in [0.4, 0.5) is 19.0 Å². The Balaban J connectivity index is 1.45. The molecule has 14 heteroatoms. The van der Waals surface area contributed by atoms with Gasteiger partial charge in [0.1, 0.15) is 28.5 Å². The van der Waals surface area contributed by atoms with Gasteiger partial charge in [-0.05, 0) is 63.3 Å². The largest absolute Gasteiger partial charge is 0.507 e. The minimum Gasteiger partial charge on any atom is -0.507 e. The monoisotopic (exact) mass is 593 g/mol. The molecule has 2 N–H and O–H groups in total. The van der Waals surface area contributed by atoms with Gasteiger partial charge in [-0.1, -0.05) is 19.1 Å². The number of alkyl halides is 3. The zero-order chi connectivity index (χ0) is 29.8. The number of anilines is 1. The van der Waals surface area contributed by atoms with Crippen molar-refractivity contribution in [1.82, 2.24) is 19.5 Å². The molecule has 2 fully saturated rings. The summed E-state index contributed by atoms with van der Waals surface area (Å²) in [6, 6.07) is 9.54. The zero-order valence-electron chi connectivity index (χ0n) is 22.6. The summed E-state index contributed by atoms with van der Waals surface area (Å²) in [5, 5.41) is 14.2. The number of para-hydroxylation sites is 1. The number of aromatic nitrogens is 3. The Morgan fingerprint density at radius 3 is 2.49 bits per heavy atom. The first-order valence-corrected chi connectivity index (χ1v) is 14.5. The van der Waals surface area contributed by atoms with Crippen molar-refractivity contribution in [3.8, 4) is 17.4 Å². The number of amides is 1. The third-order valence-electron chi connectivity index (χ3n) is 7.57. The molecule has 1 aliphatic carbocycles. The number of aromatic hydroxyl groups is 1. The zero-order valence-corrected chi connectivity index (χ0v) is 23.5. The number of nitrogens with one attached hydrogen (secondary N) is 1. The normalized spacial score (nSPS) is 19.7. The van der Waals surface area contributed by atoms with Crippen molar-refractivity contribution in [2.45, 2.75) is 56.6 Å². The van der Waals surface area contributed by atoms with E-state index >= 15 is 0 Å². The van der Waals surface area contributed by atoms with Gasteiger partial charge in [-0.3, -0.25) is 4.79 Å². The first kappa shape index (κ1) is 28.7. The van der Waals surface area contributed by atoms with E-state index < -0.39 is 50.3 Å². The topological polar surface area (TPSA) is 127 Å². The van der Waals surface area contributed by atoms with E-state index in [0.29, 0.717) is 6.54 Å². The SMILES string of the molecule is C[C@@H]1CN(c2nc(-n3ccc(OCC4(C(F)(F)F)CC4)n3)ccc2C(=O)NS(=O)(=O)c2ccccc2O)C(C)(C)C1. The highest BCUT2D eigenvalue weighted by atomic mass is 32.2. The lowest BCUT2D eigenvalue weighted by Crippen LogP contribution is -2.41. The van der Waals surface area contributed by atoms with Crippen molar-refractivity contribution in [2.75, 3.05) is 18.1 Å². The van der Waals surface area contributed by atoms with E-state index in [4.69, 9.17) is 4.74 Å². The Hall–Kier alpha value is -3.81. The van der Waals surface area contributed by atoms with Gasteiger partial charge in [-0.2, -0.15) is 13.2 Å². The molecule has 1 saturated carbocycles. The number of carbonyl (C=O) groups is 1. The Morgan fingerprint density at radius 1 is 1.17 bits per heavy atom. The highest BCUT2D eigenvalue weighted by molar-refractivity contribution is 7.90. The first-order chi connectivity index (χ1) is 19.1. The van der Waals surface area contributed by atoms with Crippen LogP contribution < -0.4 is 14.4 Å². The number of benzene rings is 1. The second kappa shape index (κ2) is 9.93. The molecule has 41 heavy (non-hydrogen) atoms. The highest BCUT2D eigenvalue weighted by Crippen LogP contribution is 2.57. The average Bonchev–Trinajstić information content (AvgIpc) is 3.45. The maximum Gasteiger partial charge on any atom is 0.397 e. The minimum atomic E-state index is -4.41. The molecule has 0 bridgehead atoms. The van der Waals surface area contributed by atoms with E-state index in [1.807, 2.05) is 23.5 Å². The van der Waals surface area contributed by atoms with Crippen LogP contribution in [0.15, 0.2) is 53.6 Å². The fourth-order valence-electron chi connectivity index (χ4n) is 5.21. The standard InChI is InChI=1S/C27H30F3N5O5S/c1-17-14-25(2,3)34(15-17)23-18(24(37)33-41(38,39)20-7-5-4-6-19(20)36)8-9-21(31-23)35-13-10-22(32-35)40-16-26(11-12-26)27(28,29)30/h4-10,13,17,36H,11-12,14-16H2,1-3H3,(H,33,37)/t17-/m0/s1. The number of rotatable bonds is 8. The molecule has 0 spiro atoms. The smallest absolute Gasteiger partial charge is 0.397 e. The van der Waals surface area contributed by atoms with Gasteiger partial charge in [0.2, 0.25) is 5.88 Å². The Kier molecular flexibility index (Phi) is 6.95. The Morgan fingerprint density at radius 2 is 1.88 bits per heavy atom. The maximum absolute atomic E-state index is 13.4. The fourth-order valence-corrected chi connectivity index (χ4v) is 6.27. The lowest BCUT2D eigenvalue weighted by Gasteiger charge is -2.34. The van der Waals surface area contributed by atoms with Crippen LogP contribution >= 0.6 is 0 Å². The van der Waals surface area contributed by atoms with Crippen molar-refractivity contribution in [3.63, 3.8) is 0 Å². The summed E-state index contributed by atoms with van der Waals surface area (Å²) < 4.78 is 74.3. The van der Waals surface area contributed by atoms with Crippen LogP contribution in [0.1, 0.15) is 50.4 Å². The lowest BCUT2D eigenvalue weighted by atomic mass is 9.97. The van der Waals surface area contributed by atoms with Gasteiger partial charge in [0.25, 0.3) is 15.9 Å². The summed E-state index contributed by atoms with van der Waals surface area (Å²) in [4.78, 5) is 19.5. The number of ether oxygens (including phenoxy) is 1. The van der Waals surface area contributed by atoms with Crippen LogP contribution in [0.3, 0.4) is 0 Å². The van der Waals surface area contributed by atoms with Gasteiger partial charge in [0.05, 0.1) is 5.56 Å². The number of nitrogens with zero attached hydrogens (tertiary/aromatic N) is 4. The van der Waals surface area contributed by atoms with Crippen LogP contribution in [-0.4, -0.2) is 59.1 Å². The van der Waals surface area contributed by atoms with Crippen molar-refractivity contribution >= 4 is 21.7 Å². The summed E-state index contributed by atoms with van der Waals surface area (Å²) >= 11 is 0. The number of sulfonamides is 1. The predicted molar refractivity (Wildman–Crippen MR) is 143 cm³/mol. The quantitative estimate of drug-likeness (QED) is 0.393. The summed E-state index contributed by atoms with van der Waals surface area (Å²) in [6.45, 7) is 6.04. The number of phenolic OH excluding ortho intramolecular Hbond substituents is 1. The van der Waals surface area contributed by atoms with Crippen molar-refractivity contribution in [1.29, 1.82) is 0 Å². The summed E-state index contributed by atoms with van der Waals surface area (Å²) in [5.74, 6) is -0.727. The van der Waals surface area contributed by atoms with E-state index in [0.717, 1.165) is 6.42 Å². The molecule has 1 aromatic carbocycles. The number of hydrogen-bond donors (Lipinski definition) is 2.